The highest BCUT2D eigenvalue weighted by Gasteiger charge is 2.17. The fraction of sp³-hybridized carbons (Fsp3) is 0.125. The molecule has 2 aromatic heterocycles. The van der Waals surface area contributed by atoms with E-state index < -0.39 is 6.09 Å². The summed E-state index contributed by atoms with van der Waals surface area (Å²) in [7, 11) is 0. The van der Waals surface area contributed by atoms with Gasteiger partial charge in [0.25, 0.3) is 0 Å². The average Bonchev–Trinajstić information content (AvgIpc) is 2.99. The quantitative estimate of drug-likeness (QED) is 0.570. The van der Waals surface area contributed by atoms with Gasteiger partial charge in [-0.05, 0) is 36.7 Å². The van der Waals surface area contributed by atoms with Crippen molar-refractivity contribution >= 4 is 39.8 Å². The molecule has 3 aromatic rings. The monoisotopic (exact) mass is 375 g/mol. The summed E-state index contributed by atoms with van der Waals surface area (Å²) < 4.78 is 0. The Balaban J connectivity index is 2.10. The molecule has 0 bridgehead atoms. The zero-order chi connectivity index (χ0) is 17.8. The second kappa shape index (κ2) is 7.45. The number of carboxylic acid groups (broad SMARTS) is 1. The van der Waals surface area contributed by atoms with Crippen LogP contribution in [0.2, 0.25) is 5.28 Å². The van der Waals surface area contributed by atoms with Crippen molar-refractivity contribution in [1.82, 2.24) is 15.0 Å². The first-order chi connectivity index (χ1) is 12.1. The second-order valence-electron chi connectivity index (χ2n) is 4.95. The van der Waals surface area contributed by atoms with Crippen LogP contribution in [0.25, 0.3) is 21.8 Å². The largest absolute Gasteiger partial charge is 0.465 e. The van der Waals surface area contributed by atoms with Gasteiger partial charge in [0.2, 0.25) is 5.28 Å². The Labute approximate surface area is 152 Å². The second-order valence-corrected chi connectivity index (χ2v) is 6.29. The van der Waals surface area contributed by atoms with Crippen LogP contribution >= 0.6 is 22.9 Å². The number of aromatic nitrogens is 3. The van der Waals surface area contributed by atoms with E-state index in [9.17, 15) is 4.79 Å². The Bertz CT molecular complexity index is 915. The van der Waals surface area contributed by atoms with Crippen LogP contribution in [0.5, 0.6) is 0 Å². The maximum absolute atomic E-state index is 10.9. The molecule has 2 heterocycles. The fourth-order valence-corrected chi connectivity index (χ4v) is 3.42. The van der Waals surface area contributed by atoms with E-state index in [0.29, 0.717) is 17.1 Å². The Morgan fingerprint density at radius 1 is 1.32 bits per heavy atom. The molecule has 1 aromatic carbocycles. The van der Waals surface area contributed by atoms with Gasteiger partial charge in [-0.2, -0.15) is 0 Å². The number of nitrogens with one attached hydrogen (secondary N) is 2. The van der Waals surface area contributed by atoms with E-state index in [4.69, 9.17) is 16.7 Å². The lowest BCUT2D eigenvalue weighted by Crippen LogP contribution is -2.06. The highest BCUT2D eigenvalue weighted by molar-refractivity contribution is 7.19. The van der Waals surface area contributed by atoms with Crippen LogP contribution in [0.4, 0.5) is 15.6 Å². The molecule has 0 fully saturated rings. The van der Waals surface area contributed by atoms with Crippen molar-refractivity contribution < 1.29 is 9.90 Å². The van der Waals surface area contributed by atoms with Gasteiger partial charge in [-0.25, -0.2) is 19.7 Å². The molecule has 3 rings (SSSR count). The lowest BCUT2D eigenvalue weighted by atomic mass is 10.1. The molecule has 9 heteroatoms. The Morgan fingerprint density at radius 2 is 2.16 bits per heavy atom. The van der Waals surface area contributed by atoms with Crippen molar-refractivity contribution in [2.75, 3.05) is 17.2 Å². The number of hydrogen-bond acceptors (Lipinski definition) is 6. The summed E-state index contributed by atoms with van der Waals surface area (Å²) in [4.78, 5) is 24.5. The molecule has 0 radical (unpaired) electrons. The van der Waals surface area contributed by atoms with E-state index in [1.54, 1.807) is 30.5 Å². The van der Waals surface area contributed by atoms with E-state index in [1.165, 1.54) is 11.3 Å². The fourth-order valence-electron chi connectivity index (χ4n) is 2.25. The van der Waals surface area contributed by atoms with Crippen molar-refractivity contribution in [3.05, 3.63) is 41.8 Å². The SMILES string of the molecule is CCNc1nc(-c2cccc(NC(=O)O)c2)c(-c2ccnc(Cl)n2)s1. The average molecular weight is 376 g/mol. The molecule has 0 spiro atoms. The molecule has 0 saturated carbocycles. The van der Waals surface area contributed by atoms with E-state index in [2.05, 4.69) is 25.6 Å². The van der Waals surface area contributed by atoms with Gasteiger partial charge in [0.15, 0.2) is 5.13 Å². The van der Waals surface area contributed by atoms with Crippen LogP contribution in [-0.4, -0.2) is 32.7 Å². The van der Waals surface area contributed by atoms with E-state index in [1.807, 2.05) is 13.0 Å². The number of nitrogens with zero attached hydrogens (tertiary/aromatic N) is 3. The number of hydrogen-bond donors (Lipinski definition) is 3. The topological polar surface area (TPSA) is 100 Å². The summed E-state index contributed by atoms with van der Waals surface area (Å²) >= 11 is 7.37. The zero-order valence-corrected chi connectivity index (χ0v) is 14.7. The van der Waals surface area contributed by atoms with Gasteiger partial charge in [-0.1, -0.05) is 23.5 Å². The lowest BCUT2D eigenvalue weighted by Gasteiger charge is -2.05. The summed E-state index contributed by atoms with van der Waals surface area (Å²) in [5, 5.41) is 15.3. The van der Waals surface area contributed by atoms with Gasteiger partial charge in [0, 0.05) is 24.0 Å². The van der Waals surface area contributed by atoms with Gasteiger partial charge < -0.3 is 10.4 Å². The van der Waals surface area contributed by atoms with Gasteiger partial charge in [-0.15, -0.1) is 0 Å². The van der Waals surface area contributed by atoms with Crippen molar-refractivity contribution in [3.8, 4) is 21.8 Å². The maximum atomic E-state index is 10.9. The molecule has 25 heavy (non-hydrogen) atoms. The first kappa shape index (κ1) is 17.1. The summed E-state index contributed by atoms with van der Waals surface area (Å²) in [6.07, 6.45) is 0.468. The predicted octanol–water partition coefficient (Wildman–Crippen LogP) is 4.44. The highest BCUT2D eigenvalue weighted by Crippen LogP contribution is 2.38. The van der Waals surface area contributed by atoms with Gasteiger partial charge in [0.05, 0.1) is 16.3 Å². The van der Waals surface area contributed by atoms with Crippen LogP contribution in [-0.2, 0) is 0 Å². The van der Waals surface area contributed by atoms with Crippen LogP contribution < -0.4 is 10.6 Å². The minimum Gasteiger partial charge on any atom is -0.465 e. The third kappa shape index (κ3) is 4.04. The molecule has 7 nitrogen and oxygen atoms in total. The zero-order valence-electron chi connectivity index (χ0n) is 13.2. The molecular formula is C16H14ClN5O2S. The van der Waals surface area contributed by atoms with Crippen molar-refractivity contribution in [2.24, 2.45) is 0 Å². The molecule has 1 amide bonds. The van der Waals surface area contributed by atoms with Crippen LogP contribution in [0.15, 0.2) is 36.5 Å². The van der Waals surface area contributed by atoms with Crippen molar-refractivity contribution in [3.63, 3.8) is 0 Å². The Hall–Kier alpha value is -2.71. The van der Waals surface area contributed by atoms with Crippen LogP contribution in [0.1, 0.15) is 6.92 Å². The van der Waals surface area contributed by atoms with Gasteiger partial charge in [0.1, 0.15) is 0 Å². The molecular weight excluding hydrogens is 362 g/mol. The smallest absolute Gasteiger partial charge is 0.409 e. The first-order valence-electron chi connectivity index (χ1n) is 7.41. The molecule has 0 unspecified atom stereocenters. The van der Waals surface area contributed by atoms with Crippen LogP contribution in [0.3, 0.4) is 0 Å². The number of thiazole rings is 1. The molecule has 3 N–H and O–H groups in total. The summed E-state index contributed by atoms with van der Waals surface area (Å²) in [6.45, 7) is 2.72. The van der Waals surface area contributed by atoms with E-state index >= 15 is 0 Å². The van der Waals surface area contributed by atoms with E-state index in [0.717, 1.165) is 22.1 Å². The highest BCUT2D eigenvalue weighted by atomic mass is 35.5. The Kier molecular flexibility index (Phi) is 5.11. The molecule has 0 aliphatic rings. The third-order valence-corrected chi connectivity index (χ3v) is 4.42. The molecule has 0 atom stereocenters. The number of rotatable bonds is 5. The van der Waals surface area contributed by atoms with Gasteiger partial charge in [-0.3, -0.25) is 5.32 Å². The number of carbonyl (C=O) groups is 1. The molecule has 128 valence electrons. The van der Waals surface area contributed by atoms with Gasteiger partial charge >= 0.3 is 6.09 Å². The number of halogens is 1. The number of amides is 1. The normalized spacial score (nSPS) is 10.5. The molecule has 0 aliphatic heterocycles. The predicted molar refractivity (Wildman–Crippen MR) is 99.4 cm³/mol. The van der Waals surface area contributed by atoms with Crippen molar-refractivity contribution in [2.45, 2.75) is 6.92 Å². The maximum Gasteiger partial charge on any atom is 0.409 e. The summed E-state index contributed by atoms with van der Waals surface area (Å²) in [5.74, 6) is 0. The standard InChI is InChI=1S/C16H14ClN5O2S/c1-2-18-15-22-12(9-4-3-5-10(8-9)20-16(23)24)13(25-15)11-6-7-19-14(17)21-11/h3-8,20H,2H2,1H3,(H,18,22)(H,23,24). The minimum atomic E-state index is -1.12. The van der Waals surface area contributed by atoms with E-state index in [-0.39, 0.29) is 5.28 Å². The summed E-state index contributed by atoms with van der Waals surface area (Å²) in [6, 6.07) is 8.80. The lowest BCUT2D eigenvalue weighted by molar-refractivity contribution is 0.210. The molecule has 0 saturated heterocycles. The number of benzene rings is 1. The molecule has 0 aliphatic carbocycles. The summed E-state index contributed by atoms with van der Waals surface area (Å²) in [5.41, 5.74) is 2.60. The minimum absolute atomic E-state index is 0.156. The Morgan fingerprint density at radius 3 is 2.88 bits per heavy atom. The van der Waals surface area contributed by atoms with Crippen LogP contribution in [0, 0.1) is 0 Å². The van der Waals surface area contributed by atoms with Crippen molar-refractivity contribution in [1.29, 1.82) is 0 Å². The first-order valence-corrected chi connectivity index (χ1v) is 8.60. The number of anilines is 2. The third-order valence-electron chi connectivity index (χ3n) is 3.20.